The van der Waals surface area contributed by atoms with Gasteiger partial charge in [-0.15, -0.1) is 0 Å². The van der Waals surface area contributed by atoms with E-state index in [-0.39, 0.29) is 30.4 Å². The molecule has 1 saturated heterocycles. The average Bonchev–Trinajstić information content (AvgIpc) is 3.29. The summed E-state index contributed by atoms with van der Waals surface area (Å²) in [6, 6.07) is 8.61. The zero-order chi connectivity index (χ0) is 27.7. The Morgan fingerprint density at radius 1 is 1.13 bits per heavy atom. The number of carbonyl (C=O) groups excluding carboxylic acids is 3. The molecule has 0 radical (unpaired) electrons. The number of ether oxygens (including phenoxy) is 3. The van der Waals surface area contributed by atoms with Gasteiger partial charge in [0.15, 0.2) is 0 Å². The largest absolute Gasteiger partial charge is 0.496 e. The van der Waals surface area contributed by atoms with Crippen LogP contribution in [0.3, 0.4) is 0 Å². The molecule has 204 valence electrons. The van der Waals surface area contributed by atoms with E-state index in [4.69, 9.17) is 14.2 Å². The molecule has 4 rings (SSSR count). The molecule has 2 aromatic carbocycles. The van der Waals surface area contributed by atoms with Crippen LogP contribution in [0.1, 0.15) is 51.7 Å². The van der Waals surface area contributed by atoms with Crippen molar-refractivity contribution in [3.63, 3.8) is 0 Å². The quantitative estimate of drug-likeness (QED) is 0.586. The van der Waals surface area contributed by atoms with Crippen LogP contribution in [0.15, 0.2) is 36.4 Å². The number of methoxy groups -OCH3 is 2. The number of rotatable bonds is 4. The third-order valence-electron chi connectivity index (χ3n) is 7.81. The smallest absolute Gasteiger partial charge is 0.407 e. The molecule has 8 nitrogen and oxygen atoms in total. The van der Waals surface area contributed by atoms with Crippen molar-refractivity contribution < 1.29 is 28.6 Å². The van der Waals surface area contributed by atoms with Gasteiger partial charge in [0.05, 0.1) is 26.3 Å². The Kier molecular flexibility index (Phi) is 7.83. The van der Waals surface area contributed by atoms with Gasteiger partial charge in [0.25, 0.3) is 0 Å². The van der Waals surface area contributed by atoms with Crippen LogP contribution < -0.4 is 10.1 Å². The molecule has 8 heteroatoms. The predicted molar refractivity (Wildman–Crippen MR) is 146 cm³/mol. The number of hydrogen-bond acceptors (Lipinski definition) is 6. The highest BCUT2D eigenvalue weighted by molar-refractivity contribution is 5.90. The molecule has 0 aromatic heterocycles. The Bertz CT molecular complexity index is 1250. The van der Waals surface area contributed by atoms with Gasteiger partial charge in [0.1, 0.15) is 23.7 Å². The number of aldehydes is 1. The lowest BCUT2D eigenvalue weighted by Gasteiger charge is -2.31. The summed E-state index contributed by atoms with van der Waals surface area (Å²) >= 11 is 0. The number of fused-ring (bicyclic) bond motifs is 5. The van der Waals surface area contributed by atoms with E-state index in [0.717, 1.165) is 33.9 Å². The van der Waals surface area contributed by atoms with E-state index in [1.807, 2.05) is 38.1 Å². The van der Waals surface area contributed by atoms with Crippen LogP contribution in [0, 0.1) is 11.3 Å². The molecule has 2 aliphatic heterocycles. The fourth-order valence-electron chi connectivity index (χ4n) is 5.29. The first kappa shape index (κ1) is 27.6. The predicted octanol–water partition coefficient (Wildman–Crippen LogP) is 4.68. The minimum atomic E-state index is -0.874. The summed E-state index contributed by atoms with van der Waals surface area (Å²) < 4.78 is 17.2. The van der Waals surface area contributed by atoms with Crippen LogP contribution in [-0.4, -0.2) is 62.6 Å². The standard InChI is InChI=1S/C30H38N2O6/c1-19(2)26-27(34)32-18-30(37-6,16-24(32)17-33)23-8-7-20-15-25(36-5)21(13-22(20)14-23)9-10-29(3,4)11-12-38-28(35)31-26/h7-10,13-15,17,19,24,26H,11-12,16,18H2,1-6H3,(H,31,35)/b10-9-/t24-,26-,30-/m0/s1. The van der Waals surface area contributed by atoms with Crippen LogP contribution in [0.2, 0.25) is 0 Å². The number of amides is 2. The molecule has 5 bridgehead atoms. The second-order valence-corrected chi connectivity index (χ2v) is 11.3. The zero-order valence-electron chi connectivity index (χ0n) is 23.1. The van der Waals surface area contributed by atoms with Gasteiger partial charge < -0.3 is 29.2 Å². The van der Waals surface area contributed by atoms with E-state index in [9.17, 15) is 14.4 Å². The Hall–Kier alpha value is -3.39. The molecule has 1 fully saturated rings. The first-order valence-corrected chi connectivity index (χ1v) is 13.1. The van der Waals surface area contributed by atoms with Crippen molar-refractivity contribution in [3.05, 3.63) is 47.5 Å². The summed E-state index contributed by atoms with van der Waals surface area (Å²) in [4.78, 5) is 40.1. The van der Waals surface area contributed by atoms with E-state index in [0.29, 0.717) is 12.8 Å². The van der Waals surface area contributed by atoms with E-state index < -0.39 is 23.8 Å². The minimum absolute atomic E-state index is 0.188. The molecular weight excluding hydrogens is 484 g/mol. The Labute approximate surface area is 224 Å². The molecule has 2 aromatic rings. The highest BCUT2D eigenvalue weighted by Crippen LogP contribution is 2.41. The van der Waals surface area contributed by atoms with E-state index >= 15 is 0 Å². The van der Waals surface area contributed by atoms with E-state index in [1.165, 1.54) is 4.90 Å². The van der Waals surface area contributed by atoms with Crippen LogP contribution in [0.4, 0.5) is 4.79 Å². The van der Waals surface area contributed by atoms with Gasteiger partial charge in [-0.05, 0) is 52.3 Å². The molecular formula is C30H38N2O6. The fourth-order valence-corrected chi connectivity index (χ4v) is 5.29. The topological polar surface area (TPSA) is 94.2 Å². The number of benzene rings is 2. The van der Waals surface area contributed by atoms with E-state index in [1.54, 1.807) is 14.2 Å². The maximum absolute atomic E-state index is 13.7. The van der Waals surface area contributed by atoms with Crippen molar-refractivity contribution in [3.8, 4) is 5.75 Å². The Morgan fingerprint density at radius 2 is 1.89 bits per heavy atom. The molecule has 2 amide bonds. The summed E-state index contributed by atoms with van der Waals surface area (Å²) in [6.45, 7) is 8.23. The van der Waals surface area contributed by atoms with Gasteiger partial charge in [-0.2, -0.15) is 0 Å². The fraction of sp³-hybridized carbons (Fsp3) is 0.500. The first-order chi connectivity index (χ1) is 18.0. The number of nitrogens with one attached hydrogen (secondary N) is 1. The van der Waals surface area contributed by atoms with Crippen molar-refractivity contribution in [1.82, 2.24) is 10.2 Å². The van der Waals surface area contributed by atoms with Gasteiger partial charge >= 0.3 is 6.09 Å². The number of carbonyl (C=O) groups is 3. The van der Waals surface area contributed by atoms with Crippen molar-refractivity contribution in [2.75, 3.05) is 27.4 Å². The third kappa shape index (κ3) is 5.41. The van der Waals surface area contributed by atoms with Crippen molar-refractivity contribution in [2.45, 2.75) is 58.2 Å². The maximum Gasteiger partial charge on any atom is 0.407 e. The first-order valence-electron chi connectivity index (χ1n) is 13.1. The Morgan fingerprint density at radius 3 is 2.55 bits per heavy atom. The lowest BCUT2D eigenvalue weighted by Crippen LogP contribution is -2.53. The summed E-state index contributed by atoms with van der Waals surface area (Å²) in [7, 11) is 3.25. The van der Waals surface area contributed by atoms with Crippen molar-refractivity contribution >= 4 is 35.1 Å². The zero-order valence-corrected chi connectivity index (χ0v) is 23.1. The average molecular weight is 523 g/mol. The van der Waals surface area contributed by atoms with Crippen LogP contribution in [0.5, 0.6) is 5.75 Å². The summed E-state index contributed by atoms with van der Waals surface area (Å²) in [5, 5.41) is 4.75. The molecule has 0 aliphatic carbocycles. The normalized spacial score (nSPS) is 26.7. The molecule has 2 heterocycles. The second-order valence-electron chi connectivity index (χ2n) is 11.3. The molecule has 0 spiro atoms. The minimum Gasteiger partial charge on any atom is -0.496 e. The molecule has 2 aliphatic rings. The molecule has 0 saturated carbocycles. The van der Waals surface area contributed by atoms with Gasteiger partial charge in [-0.25, -0.2) is 4.79 Å². The van der Waals surface area contributed by atoms with E-state index in [2.05, 4.69) is 37.4 Å². The lowest BCUT2D eigenvalue weighted by molar-refractivity contribution is -0.138. The van der Waals surface area contributed by atoms with Crippen molar-refractivity contribution in [1.29, 1.82) is 0 Å². The Balaban J connectivity index is 1.86. The number of hydrogen-bond donors (Lipinski definition) is 1. The van der Waals surface area contributed by atoms with Crippen LogP contribution in [-0.2, 0) is 24.7 Å². The molecule has 3 atom stereocenters. The van der Waals surface area contributed by atoms with Crippen molar-refractivity contribution in [2.24, 2.45) is 11.3 Å². The summed E-state index contributed by atoms with van der Waals surface area (Å²) in [6.07, 6.45) is 5.16. The highest BCUT2D eigenvalue weighted by Gasteiger charge is 2.49. The second kappa shape index (κ2) is 10.8. The van der Waals surface area contributed by atoms with Gasteiger partial charge in [0.2, 0.25) is 5.91 Å². The summed E-state index contributed by atoms with van der Waals surface area (Å²) in [5.41, 5.74) is 0.666. The highest BCUT2D eigenvalue weighted by atomic mass is 16.5. The van der Waals surface area contributed by atoms with Gasteiger partial charge in [-0.3, -0.25) is 4.79 Å². The monoisotopic (exact) mass is 522 g/mol. The number of alkyl carbamates (subject to hydrolysis) is 1. The SMILES string of the molecule is COc1cc2ccc3cc2cc1/C=C\C(C)(C)CCOC(=O)N[C@@H](C(C)C)C(=O)N1C[C@@]3(OC)C[C@H]1C=O. The number of allylic oxidation sites excluding steroid dienone is 1. The number of nitrogens with zero attached hydrogens (tertiary/aromatic N) is 1. The van der Waals surface area contributed by atoms with Gasteiger partial charge in [0, 0.05) is 19.1 Å². The summed E-state index contributed by atoms with van der Waals surface area (Å²) in [5.74, 6) is 0.214. The van der Waals surface area contributed by atoms with Crippen LogP contribution >= 0.6 is 0 Å². The third-order valence-corrected chi connectivity index (χ3v) is 7.81. The number of cyclic esters (lactones) is 1. The lowest BCUT2D eigenvalue weighted by atomic mass is 9.87. The maximum atomic E-state index is 13.7. The molecule has 0 unspecified atom stereocenters. The molecule has 1 N–H and O–H groups in total. The molecule has 38 heavy (non-hydrogen) atoms. The van der Waals surface area contributed by atoms with Crippen LogP contribution in [0.25, 0.3) is 16.8 Å². The van der Waals surface area contributed by atoms with Gasteiger partial charge in [-0.1, -0.05) is 52.0 Å².